The normalized spacial score (nSPS) is 12.4. The number of hydrogen-bond acceptors (Lipinski definition) is 3. The van der Waals surface area contributed by atoms with Gasteiger partial charge in [-0.15, -0.1) is 0 Å². The third-order valence-electron chi connectivity index (χ3n) is 2.69. The SMILES string of the molecule is CCCCCCCCCC(OCC)OC(C)=O. The summed E-state index contributed by atoms with van der Waals surface area (Å²) >= 11 is 0. The molecule has 0 amide bonds. The van der Waals surface area contributed by atoms with Gasteiger partial charge in [0.05, 0.1) is 0 Å². The second kappa shape index (κ2) is 11.9. The third kappa shape index (κ3) is 11.7. The first-order chi connectivity index (χ1) is 8.20. The van der Waals surface area contributed by atoms with E-state index in [9.17, 15) is 4.79 Å². The van der Waals surface area contributed by atoms with Gasteiger partial charge in [0.2, 0.25) is 6.29 Å². The maximum atomic E-state index is 10.8. The van der Waals surface area contributed by atoms with Gasteiger partial charge in [0.25, 0.3) is 0 Å². The summed E-state index contributed by atoms with van der Waals surface area (Å²) in [6.07, 6.45) is 9.33. The Morgan fingerprint density at radius 1 is 1.00 bits per heavy atom. The zero-order valence-electron chi connectivity index (χ0n) is 11.7. The average Bonchev–Trinajstić information content (AvgIpc) is 2.27. The van der Waals surface area contributed by atoms with Crippen LogP contribution in [0.5, 0.6) is 0 Å². The minimum Gasteiger partial charge on any atom is -0.436 e. The molecule has 0 saturated heterocycles. The third-order valence-corrected chi connectivity index (χ3v) is 2.69. The lowest BCUT2D eigenvalue weighted by Gasteiger charge is -2.16. The maximum absolute atomic E-state index is 10.8. The fourth-order valence-corrected chi connectivity index (χ4v) is 1.82. The van der Waals surface area contributed by atoms with E-state index in [0.29, 0.717) is 6.61 Å². The van der Waals surface area contributed by atoms with Crippen molar-refractivity contribution in [3.05, 3.63) is 0 Å². The Balaban J connectivity index is 3.43. The van der Waals surface area contributed by atoms with Crippen molar-refractivity contribution < 1.29 is 14.3 Å². The van der Waals surface area contributed by atoms with Crippen molar-refractivity contribution in [2.45, 2.75) is 78.4 Å². The highest BCUT2D eigenvalue weighted by Gasteiger charge is 2.10. The van der Waals surface area contributed by atoms with Gasteiger partial charge in [-0.3, -0.25) is 4.79 Å². The number of hydrogen-bond donors (Lipinski definition) is 0. The quantitative estimate of drug-likeness (QED) is 0.312. The summed E-state index contributed by atoms with van der Waals surface area (Å²) < 4.78 is 10.4. The Morgan fingerprint density at radius 2 is 1.59 bits per heavy atom. The Kier molecular flexibility index (Phi) is 11.5. The van der Waals surface area contributed by atoms with E-state index in [0.717, 1.165) is 12.8 Å². The zero-order valence-corrected chi connectivity index (χ0v) is 11.7. The lowest BCUT2D eigenvalue weighted by Crippen LogP contribution is -2.19. The van der Waals surface area contributed by atoms with Crippen LogP contribution < -0.4 is 0 Å². The van der Waals surface area contributed by atoms with E-state index in [1.54, 1.807) is 0 Å². The van der Waals surface area contributed by atoms with Gasteiger partial charge in [-0.25, -0.2) is 0 Å². The molecule has 0 bridgehead atoms. The predicted octanol–water partition coefficient (Wildman–Crippen LogP) is 4.05. The molecule has 1 atom stereocenters. The summed E-state index contributed by atoms with van der Waals surface area (Å²) in [4.78, 5) is 10.8. The molecule has 0 radical (unpaired) electrons. The van der Waals surface area contributed by atoms with Crippen molar-refractivity contribution in [3.8, 4) is 0 Å². The summed E-state index contributed by atoms with van der Waals surface area (Å²) in [5, 5.41) is 0. The first-order valence-electron chi connectivity index (χ1n) is 6.99. The number of unbranched alkanes of at least 4 members (excludes halogenated alkanes) is 6. The predicted molar refractivity (Wildman–Crippen MR) is 69.8 cm³/mol. The highest BCUT2D eigenvalue weighted by atomic mass is 16.7. The molecule has 0 aromatic carbocycles. The highest BCUT2D eigenvalue weighted by molar-refractivity contribution is 5.66. The monoisotopic (exact) mass is 244 g/mol. The van der Waals surface area contributed by atoms with Crippen LogP contribution in [0.25, 0.3) is 0 Å². The number of carbonyl (C=O) groups is 1. The van der Waals surface area contributed by atoms with Crippen molar-refractivity contribution in [2.75, 3.05) is 6.61 Å². The Labute approximate surface area is 106 Å². The standard InChI is InChI=1S/C14H28O3/c1-4-6-7-8-9-10-11-12-14(16-5-2)17-13(3)15/h14H,4-12H2,1-3H3. The second-order valence-corrected chi connectivity index (χ2v) is 4.40. The smallest absolute Gasteiger partial charge is 0.304 e. The van der Waals surface area contributed by atoms with Crippen LogP contribution in [-0.2, 0) is 14.3 Å². The van der Waals surface area contributed by atoms with E-state index in [1.165, 1.54) is 45.4 Å². The van der Waals surface area contributed by atoms with E-state index in [4.69, 9.17) is 9.47 Å². The van der Waals surface area contributed by atoms with Crippen LogP contribution in [0.15, 0.2) is 0 Å². The molecule has 0 N–H and O–H groups in total. The molecule has 0 saturated carbocycles. The van der Waals surface area contributed by atoms with Gasteiger partial charge in [0.15, 0.2) is 0 Å². The Morgan fingerprint density at radius 3 is 2.12 bits per heavy atom. The summed E-state index contributed by atoms with van der Waals surface area (Å²) in [6.45, 7) is 6.16. The van der Waals surface area contributed by atoms with E-state index in [2.05, 4.69) is 6.92 Å². The lowest BCUT2D eigenvalue weighted by molar-refractivity contribution is -0.176. The van der Waals surface area contributed by atoms with Gasteiger partial charge in [-0.05, 0) is 13.3 Å². The van der Waals surface area contributed by atoms with Gasteiger partial charge in [-0.1, -0.05) is 45.4 Å². The average molecular weight is 244 g/mol. The van der Waals surface area contributed by atoms with Gasteiger partial charge >= 0.3 is 5.97 Å². The minimum absolute atomic E-state index is 0.258. The number of ether oxygens (including phenoxy) is 2. The topological polar surface area (TPSA) is 35.5 Å². The summed E-state index contributed by atoms with van der Waals surface area (Å²) in [6, 6.07) is 0. The first-order valence-corrected chi connectivity index (χ1v) is 6.99. The Hall–Kier alpha value is -0.570. The minimum atomic E-state index is -0.340. The van der Waals surface area contributed by atoms with E-state index < -0.39 is 0 Å². The summed E-state index contributed by atoms with van der Waals surface area (Å²) in [5.41, 5.74) is 0. The van der Waals surface area contributed by atoms with Gasteiger partial charge < -0.3 is 9.47 Å². The van der Waals surface area contributed by atoms with E-state index in [1.807, 2.05) is 6.92 Å². The molecule has 0 fully saturated rings. The summed E-state index contributed by atoms with van der Waals surface area (Å²) in [7, 11) is 0. The molecule has 0 spiro atoms. The molecular formula is C14H28O3. The number of rotatable bonds is 11. The largest absolute Gasteiger partial charge is 0.436 e. The van der Waals surface area contributed by atoms with Crippen LogP contribution in [0.4, 0.5) is 0 Å². The number of carbonyl (C=O) groups excluding carboxylic acids is 1. The molecule has 0 rings (SSSR count). The Bertz CT molecular complexity index is 180. The van der Waals surface area contributed by atoms with Crippen molar-refractivity contribution in [1.82, 2.24) is 0 Å². The van der Waals surface area contributed by atoms with Crippen LogP contribution in [0.3, 0.4) is 0 Å². The first kappa shape index (κ1) is 16.4. The molecule has 0 aromatic rings. The fraction of sp³-hybridized carbons (Fsp3) is 0.929. The van der Waals surface area contributed by atoms with Gasteiger partial charge in [-0.2, -0.15) is 0 Å². The molecule has 3 nitrogen and oxygen atoms in total. The maximum Gasteiger partial charge on any atom is 0.304 e. The van der Waals surface area contributed by atoms with Crippen LogP contribution in [0.1, 0.15) is 72.1 Å². The fourth-order valence-electron chi connectivity index (χ4n) is 1.82. The van der Waals surface area contributed by atoms with Crippen LogP contribution in [-0.4, -0.2) is 18.9 Å². The molecule has 0 heterocycles. The molecule has 0 aliphatic rings. The zero-order chi connectivity index (χ0) is 12.9. The number of esters is 1. The lowest BCUT2D eigenvalue weighted by atomic mass is 10.1. The van der Waals surface area contributed by atoms with Crippen molar-refractivity contribution in [3.63, 3.8) is 0 Å². The molecule has 0 aliphatic heterocycles. The molecule has 17 heavy (non-hydrogen) atoms. The molecule has 0 aliphatic carbocycles. The van der Waals surface area contributed by atoms with Crippen LogP contribution in [0.2, 0.25) is 0 Å². The van der Waals surface area contributed by atoms with Crippen LogP contribution >= 0.6 is 0 Å². The van der Waals surface area contributed by atoms with Gasteiger partial charge in [0.1, 0.15) is 0 Å². The second-order valence-electron chi connectivity index (χ2n) is 4.40. The molecule has 0 aromatic heterocycles. The van der Waals surface area contributed by atoms with Crippen molar-refractivity contribution in [1.29, 1.82) is 0 Å². The van der Waals surface area contributed by atoms with Gasteiger partial charge in [0, 0.05) is 20.0 Å². The van der Waals surface area contributed by atoms with Crippen LogP contribution in [0, 0.1) is 0 Å². The summed E-state index contributed by atoms with van der Waals surface area (Å²) in [5.74, 6) is -0.258. The van der Waals surface area contributed by atoms with E-state index in [-0.39, 0.29) is 12.3 Å². The molecule has 102 valence electrons. The molecule has 3 heteroatoms. The molecular weight excluding hydrogens is 216 g/mol. The van der Waals surface area contributed by atoms with Crippen molar-refractivity contribution in [2.24, 2.45) is 0 Å². The molecule has 1 unspecified atom stereocenters. The van der Waals surface area contributed by atoms with E-state index >= 15 is 0 Å². The van der Waals surface area contributed by atoms with Crippen molar-refractivity contribution >= 4 is 5.97 Å². The highest BCUT2D eigenvalue weighted by Crippen LogP contribution is 2.12.